The molecule has 8 rings (SSSR count). The van der Waals surface area contributed by atoms with Crippen molar-refractivity contribution in [2.24, 2.45) is 23.7 Å². The third kappa shape index (κ3) is 5.54. The topological polar surface area (TPSA) is 125 Å². The van der Waals surface area contributed by atoms with Crippen LogP contribution in [0.4, 0.5) is 11.4 Å². The number of ether oxygens (including phenoxy) is 2. The summed E-state index contributed by atoms with van der Waals surface area (Å²) in [6.45, 7) is 0. The van der Waals surface area contributed by atoms with Gasteiger partial charge in [0.2, 0.25) is 11.8 Å². The number of phenols is 1. The number of rotatable bonds is 7. The number of imide groups is 2. The second-order valence-corrected chi connectivity index (χ2v) is 16.7. The highest BCUT2D eigenvalue weighted by Gasteiger charge is 2.70. The first kappa shape index (κ1) is 36.8. The SMILES string of the molecule is COc1ccc(C23C(=O)N(Nc4ccc(Cl)cc4Cl)C(=O)C2CC2C(=CCC4C(=O)N(c5ccc(Br)cc5)C(=O)C42)C3c2cc(I)c(O)c(OC)c2)cc1. The lowest BCUT2D eigenvalue weighted by atomic mass is 9.49. The van der Waals surface area contributed by atoms with Crippen LogP contribution in [0.15, 0.2) is 95.0 Å². The Morgan fingerprint density at radius 3 is 2.28 bits per heavy atom. The van der Waals surface area contributed by atoms with Gasteiger partial charge < -0.3 is 14.6 Å². The number of aromatic hydroxyl groups is 1. The van der Waals surface area contributed by atoms with Gasteiger partial charge in [-0.05, 0) is 119 Å². The lowest BCUT2D eigenvalue weighted by Crippen LogP contribution is -2.53. The molecule has 3 fully saturated rings. The van der Waals surface area contributed by atoms with Crippen LogP contribution in [-0.4, -0.2) is 48.0 Å². The summed E-state index contributed by atoms with van der Waals surface area (Å²) in [5.74, 6) is -4.92. The van der Waals surface area contributed by atoms with Gasteiger partial charge in [0.1, 0.15) is 5.75 Å². The van der Waals surface area contributed by atoms with Gasteiger partial charge in [-0.15, -0.1) is 0 Å². The number of anilines is 2. The van der Waals surface area contributed by atoms with Crippen molar-refractivity contribution < 1.29 is 33.8 Å². The number of allylic oxidation sites excluding steroid dienone is 2. The molecule has 0 bridgehead atoms. The molecule has 0 aromatic heterocycles. The minimum absolute atomic E-state index is 0.0712. The molecule has 54 heavy (non-hydrogen) atoms. The van der Waals surface area contributed by atoms with Crippen molar-refractivity contribution >= 4 is 96.7 Å². The maximum atomic E-state index is 15.5. The summed E-state index contributed by atoms with van der Waals surface area (Å²) in [5.41, 5.74) is 4.10. The van der Waals surface area contributed by atoms with Gasteiger partial charge in [-0.1, -0.05) is 62.9 Å². The molecule has 6 unspecified atom stereocenters. The Balaban J connectivity index is 1.35. The van der Waals surface area contributed by atoms with Gasteiger partial charge in [0, 0.05) is 15.4 Å². The van der Waals surface area contributed by atoms with E-state index in [2.05, 4.69) is 21.4 Å². The number of hydrogen-bond donors (Lipinski definition) is 2. The summed E-state index contributed by atoms with van der Waals surface area (Å²) in [7, 11) is 2.98. The fourth-order valence-corrected chi connectivity index (χ4v) is 10.3. The Bertz CT molecular complexity index is 2290. The molecule has 2 heterocycles. The van der Waals surface area contributed by atoms with E-state index in [1.165, 1.54) is 18.1 Å². The molecule has 4 aromatic rings. The molecule has 4 aliphatic rings. The minimum Gasteiger partial charge on any atom is -0.504 e. The number of amides is 4. The number of hydrazine groups is 1. The van der Waals surface area contributed by atoms with E-state index in [0.29, 0.717) is 36.8 Å². The summed E-state index contributed by atoms with van der Waals surface area (Å²) in [5, 5.41) is 12.6. The van der Waals surface area contributed by atoms with E-state index >= 15 is 4.79 Å². The Morgan fingerprint density at radius 2 is 1.61 bits per heavy atom. The molecular weight excluding hydrogens is 912 g/mol. The van der Waals surface area contributed by atoms with Crippen LogP contribution in [0.1, 0.15) is 29.9 Å². The fourth-order valence-electron chi connectivity index (χ4n) is 8.98. The molecule has 2 aliphatic heterocycles. The van der Waals surface area contributed by atoms with Crippen molar-refractivity contribution in [3.8, 4) is 17.2 Å². The number of nitrogens with one attached hydrogen (secondary N) is 1. The Hall–Kier alpha value is -4.11. The number of hydrogen-bond acceptors (Lipinski definition) is 8. The molecule has 4 aromatic carbocycles. The third-order valence-corrected chi connectivity index (χ3v) is 13.2. The zero-order chi connectivity index (χ0) is 38.2. The highest BCUT2D eigenvalue weighted by atomic mass is 127. The van der Waals surface area contributed by atoms with E-state index in [9.17, 15) is 19.5 Å². The first-order valence-corrected chi connectivity index (χ1v) is 19.7. The Kier molecular flexibility index (Phi) is 9.47. The van der Waals surface area contributed by atoms with Crippen molar-refractivity contribution in [3.63, 3.8) is 0 Å². The number of halogens is 4. The predicted octanol–water partition coefficient (Wildman–Crippen LogP) is 8.27. The zero-order valence-electron chi connectivity index (χ0n) is 28.7. The van der Waals surface area contributed by atoms with E-state index in [1.807, 2.05) is 28.7 Å². The van der Waals surface area contributed by atoms with Crippen LogP contribution in [0.25, 0.3) is 0 Å². The molecule has 0 spiro atoms. The van der Waals surface area contributed by atoms with Crippen LogP contribution in [0.3, 0.4) is 0 Å². The quantitative estimate of drug-likeness (QED) is 0.108. The Labute approximate surface area is 342 Å². The summed E-state index contributed by atoms with van der Waals surface area (Å²) in [6.07, 6.45) is 2.33. The summed E-state index contributed by atoms with van der Waals surface area (Å²) in [6, 6.07) is 22.2. The van der Waals surface area contributed by atoms with Crippen LogP contribution >= 0.6 is 61.7 Å². The van der Waals surface area contributed by atoms with Crippen molar-refractivity contribution in [2.75, 3.05) is 24.5 Å². The molecule has 2 aliphatic carbocycles. The molecular formula is C40H31BrCl2IN3O7. The number of benzene rings is 4. The van der Waals surface area contributed by atoms with Crippen LogP contribution < -0.4 is 19.8 Å². The monoisotopic (exact) mass is 941 g/mol. The second kappa shape index (κ2) is 13.9. The van der Waals surface area contributed by atoms with Gasteiger partial charge in [0.05, 0.1) is 57.4 Å². The van der Waals surface area contributed by atoms with E-state index in [-0.39, 0.29) is 41.2 Å². The fraction of sp³-hybridized carbons (Fsp3) is 0.250. The summed E-state index contributed by atoms with van der Waals surface area (Å²) >= 11 is 18.2. The summed E-state index contributed by atoms with van der Waals surface area (Å²) < 4.78 is 12.4. The first-order valence-electron chi connectivity index (χ1n) is 17.0. The first-order chi connectivity index (χ1) is 25.9. The molecule has 0 radical (unpaired) electrons. The van der Waals surface area contributed by atoms with Crippen LogP contribution in [0.5, 0.6) is 17.2 Å². The average molecular weight is 943 g/mol. The highest BCUT2D eigenvalue weighted by molar-refractivity contribution is 14.1. The van der Waals surface area contributed by atoms with Crippen LogP contribution in [-0.2, 0) is 24.6 Å². The van der Waals surface area contributed by atoms with Crippen LogP contribution in [0, 0.1) is 27.2 Å². The largest absolute Gasteiger partial charge is 0.504 e. The van der Waals surface area contributed by atoms with Crippen molar-refractivity contribution in [1.82, 2.24) is 5.01 Å². The number of carbonyl (C=O) groups excluding carboxylic acids is 4. The van der Waals surface area contributed by atoms with E-state index in [1.54, 1.807) is 79.9 Å². The molecule has 4 amide bonds. The number of phenolic OH excluding ortho intramolecular Hbond substituents is 1. The lowest BCUT2D eigenvalue weighted by molar-refractivity contribution is -0.138. The van der Waals surface area contributed by atoms with Crippen molar-refractivity contribution in [3.05, 3.63) is 120 Å². The lowest BCUT2D eigenvalue weighted by Gasteiger charge is -2.50. The maximum absolute atomic E-state index is 15.5. The number of fused-ring (bicyclic) bond motifs is 4. The molecule has 14 heteroatoms. The predicted molar refractivity (Wildman–Crippen MR) is 215 cm³/mol. The van der Waals surface area contributed by atoms with Crippen LogP contribution in [0.2, 0.25) is 10.0 Å². The van der Waals surface area contributed by atoms with E-state index in [0.717, 1.165) is 15.1 Å². The number of nitrogens with zero attached hydrogens (tertiary/aromatic N) is 2. The molecule has 276 valence electrons. The standard InChI is InChI=1S/C40H31BrCl2IN3O7/c1-53-24-10-3-20(4-11-24)40-28(37(50)47(39(40)52)45-31-14-7-22(42)17-29(31)43)18-27-25(34(40)19-15-30(44)35(48)32(16-19)54-2)12-13-26-33(27)38(51)46(36(26)49)23-8-5-21(41)6-9-23/h3-12,14-17,26-28,33-34,45,48H,13,18H2,1-2H3. The average Bonchev–Trinajstić information content (AvgIpc) is 3.54. The Morgan fingerprint density at radius 1 is 0.889 bits per heavy atom. The van der Waals surface area contributed by atoms with Crippen molar-refractivity contribution in [1.29, 1.82) is 0 Å². The molecule has 1 saturated carbocycles. The smallest absolute Gasteiger partial charge is 0.260 e. The van der Waals surface area contributed by atoms with Gasteiger partial charge in [0.15, 0.2) is 11.5 Å². The number of methoxy groups -OCH3 is 2. The molecule has 6 atom stereocenters. The minimum atomic E-state index is -1.56. The summed E-state index contributed by atoms with van der Waals surface area (Å²) in [4.78, 5) is 60.4. The zero-order valence-corrected chi connectivity index (χ0v) is 33.9. The molecule has 2 N–H and O–H groups in total. The normalized spacial score (nSPS) is 26.0. The third-order valence-electron chi connectivity index (χ3n) is 11.3. The van der Waals surface area contributed by atoms with E-state index < -0.39 is 46.8 Å². The van der Waals surface area contributed by atoms with Gasteiger partial charge in [-0.2, -0.15) is 5.01 Å². The molecule has 2 saturated heterocycles. The highest BCUT2D eigenvalue weighted by Crippen LogP contribution is 2.64. The van der Waals surface area contributed by atoms with Gasteiger partial charge in [-0.25, -0.2) is 0 Å². The maximum Gasteiger partial charge on any atom is 0.260 e. The van der Waals surface area contributed by atoms with Gasteiger partial charge in [0.25, 0.3) is 11.8 Å². The number of carbonyl (C=O) groups is 4. The van der Waals surface area contributed by atoms with Gasteiger partial charge >= 0.3 is 0 Å². The van der Waals surface area contributed by atoms with E-state index in [4.69, 9.17) is 32.7 Å². The van der Waals surface area contributed by atoms with Crippen molar-refractivity contribution in [2.45, 2.75) is 24.2 Å². The van der Waals surface area contributed by atoms with Gasteiger partial charge in [-0.3, -0.25) is 29.5 Å². The molecule has 10 nitrogen and oxygen atoms in total. The second-order valence-electron chi connectivity index (χ2n) is 13.8.